The van der Waals surface area contributed by atoms with Crippen LogP contribution in [0.2, 0.25) is 0 Å². The second-order valence-electron chi connectivity index (χ2n) is 4.71. The highest BCUT2D eigenvalue weighted by atomic mass is 127. The van der Waals surface area contributed by atoms with Crippen molar-refractivity contribution in [1.29, 1.82) is 0 Å². The highest BCUT2D eigenvalue weighted by Gasteiger charge is 2.08. The molecule has 0 aliphatic heterocycles. The van der Waals surface area contributed by atoms with Gasteiger partial charge in [0.25, 0.3) is 0 Å². The normalized spacial score (nSPS) is 10.8. The Bertz CT molecular complexity index is 434. The van der Waals surface area contributed by atoms with E-state index >= 15 is 0 Å². The molecular weight excluding hydrogens is 399 g/mol. The lowest BCUT2D eigenvalue weighted by atomic mass is 10.3. The van der Waals surface area contributed by atoms with E-state index in [1.54, 1.807) is 30.3 Å². The molecule has 1 amide bonds. The van der Waals surface area contributed by atoms with E-state index in [0.717, 1.165) is 25.5 Å². The number of carbonyl (C=O) groups is 1. The van der Waals surface area contributed by atoms with Crippen molar-refractivity contribution >= 4 is 47.2 Å². The SMILES string of the molecule is CCNC(=NCC(=O)N(C)C)N(C)CCc1cccs1.I. The van der Waals surface area contributed by atoms with Crippen molar-refractivity contribution in [2.75, 3.05) is 40.8 Å². The third-order valence-electron chi connectivity index (χ3n) is 2.83. The van der Waals surface area contributed by atoms with E-state index in [-0.39, 0.29) is 36.4 Å². The summed E-state index contributed by atoms with van der Waals surface area (Å²) >= 11 is 1.76. The van der Waals surface area contributed by atoms with Gasteiger partial charge < -0.3 is 15.1 Å². The van der Waals surface area contributed by atoms with Gasteiger partial charge in [0.2, 0.25) is 5.91 Å². The zero-order valence-electron chi connectivity index (χ0n) is 13.1. The van der Waals surface area contributed by atoms with Crippen molar-refractivity contribution in [2.45, 2.75) is 13.3 Å². The highest BCUT2D eigenvalue weighted by molar-refractivity contribution is 14.0. The molecule has 5 nitrogen and oxygen atoms in total. The molecule has 0 bridgehead atoms. The number of hydrogen-bond acceptors (Lipinski definition) is 3. The Morgan fingerprint density at radius 1 is 1.38 bits per heavy atom. The number of aliphatic imine (C=N–C) groups is 1. The summed E-state index contributed by atoms with van der Waals surface area (Å²) in [6.45, 7) is 3.87. The van der Waals surface area contributed by atoms with Crippen molar-refractivity contribution < 1.29 is 4.79 Å². The maximum atomic E-state index is 11.6. The number of nitrogens with one attached hydrogen (secondary N) is 1. The van der Waals surface area contributed by atoms with E-state index in [4.69, 9.17) is 0 Å². The van der Waals surface area contributed by atoms with E-state index < -0.39 is 0 Å². The van der Waals surface area contributed by atoms with Crippen LogP contribution in [-0.2, 0) is 11.2 Å². The van der Waals surface area contributed by atoms with Gasteiger partial charge in [0.05, 0.1) is 0 Å². The Balaban J connectivity index is 0.00000400. The molecule has 0 radical (unpaired) electrons. The van der Waals surface area contributed by atoms with Crippen molar-refractivity contribution in [3.05, 3.63) is 22.4 Å². The molecule has 0 aliphatic carbocycles. The van der Waals surface area contributed by atoms with E-state index in [0.29, 0.717) is 0 Å². The first-order valence-electron chi connectivity index (χ1n) is 6.76. The molecule has 0 fully saturated rings. The quantitative estimate of drug-likeness (QED) is 0.431. The van der Waals surface area contributed by atoms with E-state index in [1.165, 1.54) is 4.88 Å². The smallest absolute Gasteiger partial charge is 0.243 e. The number of hydrogen-bond donors (Lipinski definition) is 1. The summed E-state index contributed by atoms with van der Waals surface area (Å²) in [6, 6.07) is 4.20. The lowest BCUT2D eigenvalue weighted by Crippen LogP contribution is -2.40. The van der Waals surface area contributed by atoms with Gasteiger partial charge in [-0.15, -0.1) is 35.3 Å². The minimum atomic E-state index is 0. The zero-order chi connectivity index (χ0) is 15.0. The first-order valence-corrected chi connectivity index (χ1v) is 7.64. The van der Waals surface area contributed by atoms with E-state index in [2.05, 4.69) is 32.7 Å². The van der Waals surface area contributed by atoms with Crippen molar-refractivity contribution in [3.8, 4) is 0 Å². The second kappa shape index (κ2) is 10.8. The summed E-state index contributed by atoms with van der Waals surface area (Å²) in [5.74, 6) is 0.784. The average Bonchev–Trinajstić information content (AvgIpc) is 2.93. The summed E-state index contributed by atoms with van der Waals surface area (Å²) in [5, 5.41) is 5.30. The molecule has 0 unspecified atom stereocenters. The first-order chi connectivity index (χ1) is 9.54. The van der Waals surface area contributed by atoms with Crippen LogP contribution in [0.1, 0.15) is 11.8 Å². The predicted molar refractivity (Wildman–Crippen MR) is 101 cm³/mol. The molecule has 0 spiro atoms. The molecular formula is C14H25IN4OS. The number of rotatable bonds is 6. The number of nitrogens with zero attached hydrogens (tertiary/aromatic N) is 3. The van der Waals surface area contributed by atoms with E-state index in [9.17, 15) is 4.79 Å². The molecule has 7 heteroatoms. The minimum Gasteiger partial charge on any atom is -0.357 e. The summed E-state index contributed by atoms with van der Waals surface area (Å²) in [5.41, 5.74) is 0. The van der Waals surface area contributed by atoms with E-state index in [1.807, 2.05) is 14.0 Å². The van der Waals surface area contributed by atoms with Crippen LogP contribution in [0.25, 0.3) is 0 Å². The Kier molecular flexibility index (Phi) is 10.4. The van der Waals surface area contributed by atoms with Crippen LogP contribution in [-0.4, -0.2) is 62.4 Å². The van der Waals surface area contributed by atoms with Crippen LogP contribution in [0.15, 0.2) is 22.5 Å². The molecule has 1 aromatic heterocycles. The van der Waals surface area contributed by atoms with Gasteiger partial charge in [0, 0.05) is 39.1 Å². The number of carbonyl (C=O) groups excluding carboxylic acids is 1. The molecule has 1 aromatic rings. The minimum absolute atomic E-state index is 0. The average molecular weight is 424 g/mol. The topological polar surface area (TPSA) is 47.9 Å². The Morgan fingerprint density at radius 2 is 2.10 bits per heavy atom. The van der Waals surface area contributed by atoms with Crippen LogP contribution in [0.3, 0.4) is 0 Å². The van der Waals surface area contributed by atoms with Gasteiger partial charge in [-0.05, 0) is 24.8 Å². The molecule has 0 aliphatic rings. The summed E-state index contributed by atoms with van der Waals surface area (Å²) in [4.78, 5) is 20.9. The molecule has 0 saturated carbocycles. The molecule has 0 aromatic carbocycles. The van der Waals surface area contributed by atoms with Gasteiger partial charge in [-0.2, -0.15) is 0 Å². The summed E-state index contributed by atoms with van der Waals surface area (Å²) in [6.07, 6.45) is 0.986. The number of halogens is 1. The predicted octanol–water partition coefficient (Wildman–Crippen LogP) is 1.89. The maximum absolute atomic E-state index is 11.6. The fourth-order valence-corrected chi connectivity index (χ4v) is 2.29. The van der Waals surface area contributed by atoms with Crippen molar-refractivity contribution in [3.63, 3.8) is 0 Å². The molecule has 120 valence electrons. The number of likely N-dealkylation sites (N-methyl/N-ethyl adjacent to an activating group) is 2. The number of thiophene rings is 1. The van der Waals surface area contributed by atoms with Crippen LogP contribution >= 0.6 is 35.3 Å². The van der Waals surface area contributed by atoms with Crippen molar-refractivity contribution in [2.24, 2.45) is 4.99 Å². The second-order valence-corrected chi connectivity index (χ2v) is 5.74. The lowest BCUT2D eigenvalue weighted by Gasteiger charge is -2.22. The molecule has 21 heavy (non-hydrogen) atoms. The Morgan fingerprint density at radius 3 is 2.62 bits per heavy atom. The maximum Gasteiger partial charge on any atom is 0.243 e. The largest absolute Gasteiger partial charge is 0.357 e. The third-order valence-corrected chi connectivity index (χ3v) is 3.77. The Labute approximate surface area is 148 Å². The van der Waals surface area contributed by atoms with Gasteiger partial charge in [-0.25, -0.2) is 4.99 Å². The highest BCUT2D eigenvalue weighted by Crippen LogP contribution is 2.09. The molecule has 1 rings (SSSR count). The van der Waals surface area contributed by atoms with Crippen LogP contribution in [0.5, 0.6) is 0 Å². The summed E-state index contributed by atoms with van der Waals surface area (Å²) < 4.78 is 0. The molecule has 1 heterocycles. The third kappa shape index (κ3) is 7.66. The van der Waals surface area contributed by atoms with Crippen LogP contribution in [0, 0.1) is 0 Å². The first kappa shape index (κ1) is 20.2. The monoisotopic (exact) mass is 424 g/mol. The lowest BCUT2D eigenvalue weighted by molar-refractivity contribution is -0.127. The number of guanidine groups is 1. The number of amides is 1. The van der Waals surface area contributed by atoms with Gasteiger partial charge >= 0.3 is 0 Å². The summed E-state index contributed by atoms with van der Waals surface area (Å²) in [7, 11) is 5.48. The van der Waals surface area contributed by atoms with Gasteiger partial charge in [-0.3, -0.25) is 4.79 Å². The van der Waals surface area contributed by atoms with Crippen LogP contribution < -0.4 is 5.32 Å². The molecule has 0 saturated heterocycles. The van der Waals surface area contributed by atoms with Gasteiger partial charge in [0.1, 0.15) is 6.54 Å². The molecule has 1 N–H and O–H groups in total. The van der Waals surface area contributed by atoms with Gasteiger partial charge in [0.15, 0.2) is 5.96 Å². The fraction of sp³-hybridized carbons (Fsp3) is 0.571. The van der Waals surface area contributed by atoms with Gasteiger partial charge in [-0.1, -0.05) is 6.07 Å². The molecule has 0 atom stereocenters. The standard InChI is InChI=1S/C14H24N4OS.HI/c1-5-15-14(16-11-13(19)17(2)3)18(4)9-8-12-7-6-10-20-12;/h6-7,10H,5,8-9,11H2,1-4H3,(H,15,16);1H. The Hall–Kier alpha value is -0.830. The van der Waals surface area contributed by atoms with Crippen LogP contribution in [0.4, 0.5) is 0 Å². The zero-order valence-corrected chi connectivity index (χ0v) is 16.3. The van der Waals surface area contributed by atoms with Crippen molar-refractivity contribution in [1.82, 2.24) is 15.1 Å². The fourth-order valence-electron chi connectivity index (χ4n) is 1.59.